The molecule has 3 rings (SSSR count). The van der Waals surface area contributed by atoms with Crippen molar-refractivity contribution < 1.29 is 14.3 Å². The molecule has 152 valence electrons. The number of nitrogens with one attached hydrogen (secondary N) is 1. The summed E-state index contributed by atoms with van der Waals surface area (Å²) in [6.45, 7) is 6.97. The molecule has 0 aliphatic rings. The van der Waals surface area contributed by atoms with E-state index in [9.17, 15) is 9.59 Å². The Kier molecular flexibility index (Phi) is 6.70. The van der Waals surface area contributed by atoms with E-state index in [0.29, 0.717) is 23.6 Å². The summed E-state index contributed by atoms with van der Waals surface area (Å²) >= 11 is 0. The lowest BCUT2D eigenvalue weighted by molar-refractivity contribution is -0.142. The second-order valence-electron chi connectivity index (χ2n) is 7.39. The van der Waals surface area contributed by atoms with Crippen molar-refractivity contribution in [1.82, 2.24) is 4.98 Å². The van der Waals surface area contributed by atoms with Crippen LogP contribution in [0.2, 0.25) is 0 Å². The first-order valence-electron chi connectivity index (χ1n) is 10.0. The third-order valence-corrected chi connectivity index (χ3v) is 4.74. The predicted molar refractivity (Wildman–Crippen MR) is 115 cm³/mol. The molecule has 0 spiro atoms. The van der Waals surface area contributed by atoms with E-state index >= 15 is 0 Å². The van der Waals surface area contributed by atoms with Crippen LogP contribution in [0.25, 0.3) is 22.0 Å². The molecule has 0 unspecified atom stereocenters. The van der Waals surface area contributed by atoms with E-state index in [1.807, 2.05) is 48.5 Å². The maximum Gasteiger partial charge on any atom is 0.310 e. The lowest BCUT2D eigenvalue weighted by atomic mass is 9.94. The average Bonchev–Trinajstić information content (AvgIpc) is 2.69. The van der Waals surface area contributed by atoms with E-state index in [0.717, 1.165) is 28.7 Å². The normalized spacial score (nSPS) is 11.0. The van der Waals surface area contributed by atoms with Crippen molar-refractivity contribution in [2.45, 2.75) is 33.6 Å². The minimum atomic E-state index is -0.418. The van der Waals surface area contributed by atoms with Gasteiger partial charge in [-0.3, -0.25) is 9.59 Å². The van der Waals surface area contributed by atoms with Gasteiger partial charge in [-0.15, -0.1) is 0 Å². The molecule has 29 heavy (non-hydrogen) atoms. The lowest BCUT2D eigenvalue weighted by Gasteiger charge is -2.14. The number of aromatic nitrogens is 1. The number of H-pyrrole nitrogens is 1. The molecule has 5 heteroatoms. The molecule has 2 aromatic carbocycles. The summed E-state index contributed by atoms with van der Waals surface area (Å²) in [5, 5.41) is 0.845. The Morgan fingerprint density at radius 3 is 2.55 bits per heavy atom. The smallest absolute Gasteiger partial charge is 0.310 e. The molecule has 0 atom stereocenters. The number of pyridine rings is 1. The van der Waals surface area contributed by atoms with Gasteiger partial charge in [-0.05, 0) is 43.0 Å². The molecule has 0 amide bonds. The van der Waals surface area contributed by atoms with Gasteiger partial charge in [0, 0.05) is 22.0 Å². The van der Waals surface area contributed by atoms with Gasteiger partial charge in [0.05, 0.1) is 19.6 Å². The van der Waals surface area contributed by atoms with Crippen molar-refractivity contribution in [2.75, 3.05) is 13.2 Å². The van der Waals surface area contributed by atoms with Crippen molar-refractivity contribution in [3.05, 3.63) is 64.4 Å². The number of fused-ring (bicyclic) bond motifs is 1. The first-order valence-corrected chi connectivity index (χ1v) is 10.0. The largest absolute Gasteiger partial charge is 0.494 e. The van der Waals surface area contributed by atoms with E-state index in [2.05, 4.69) is 18.8 Å². The average molecular weight is 393 g/mol. The Morgan fingerprint density at radius 2 is 1.86 bits per heavy atom. The van der Waals surface area contributed by atoms with Crippen LogP contribution in [0.15, 0.2) is 53.3 Å². The third kappa shape index (κ3) is 5.05. The van der Waals surface area contributed by atoms with Crippen molar-refractivity contribution in [2.24, 2.45) is 5.92 Å². The monoisotopic (exact) mass is 393 g/mol. The van der Waals surface area contributed by atoms with Crippen LogP contribution in [0.1, 0.15) is 32.8 Å². The molecule has 0 radical (unpaired) electrons. The fourth-order valence-corrected chi connectivity index (χ4v) is 3.27. The summed E-state index contributed by atoms with van der Waals surface area (Å²) in [5.74, 6) is 0.881. The Balaban J connectivity index is 2.14. The fraction of sp³-hybridized carbons (Fsp3) is 0.333. The molecule has 1 heterocycles. The van der Waals surface area contributed by atoms with Gasteiger partial charge in [-0.25, -0.2) is 0 Å². The van der Waals surface area contributed by atoms with Gasteiger partial charge in [0.1, 0.15) is 5.75 Å². The topological polar surface area (TPSA) is 68.4 Å². The molecule has 0 bridgehead atoms. The first-order chi connectivity index (χ1) is 14.0. The molecule has 0 aliphatic carbocycles. The first kappa shape index (κ1) is 20.6. The highest BCUT2D eigenvalue weighted by molar-refractivity contribution is 5.98. The van der Waals surface area contributed by atoms with Crippen LogP contribution in [-0.4, -0.2) is 24.2 Å². The second kappa shape index (κ2) is 9.41. The van der Waals surface area contributed by atoms with Gasteiger partial charge in [0.15, 0.2) is 0 Å². The van der Waals surface area contributed by atoms with Crippen LogP contribution in [0.4, 0.5) is 0 Å². The summed E-state index contributed by atoms with van der Waals surface area (Å²) in [5.41, 5.74) is 2.45. The number of esters is 1. The van der Waals surface area contributed by atoms with Gasteiger partial charge in [-0.2, -0.15) is 0 Å². The molecule has 0 saturated heterocycles. The molecule has 0 saturated carbocycles. The number of hydrogen-bond acceptors (Lipinski definition) is 4. The van der Waals surface area contributed by atoms with E-state index in [-0.39, 0.29) is 18.6 Å². The van der Waals surface area contributed by atoms with Gasteiger partial charge in [0.25, 0.3) is 5.56 Å². The summed E-state index contributed by atoms with van der Waals surface area (Å²) in [7, 11) is 0. The Labute approximate surface area is 170 Å². The highest BCUT2D eigenvalue weighted by Crippen LogP contribution is 2.32. The maximum atomic E-state index is 12.8. The quantitative estimate of drug-likeness (QED) is 0.562. The van der Waals surface area contributed by atoms with E-state index < -0.39 is 5.97 Å². The van der Waals surface area contributed by atoms with Gasteiger partial charge >= 0.3 is 5.97 Å². The molecular weight excluding hydrogens is 366 g/mol. The predicted octanol–water partition coefficient (Wildman–Crippen LogP) is 4.73. The minimum absolute atomic E-state index is 0.0816. The van der Waals surface area contributed by atoms with Crippen molar-refractivity contribution in [3.8, 4) is 16.9 Å². The number of rotatable bonds is 8. The Morgan fingerprint density at radius 1 is 1.10 bits per heavy atom. The summed E-state index contributed by atoms with van der Waals surface area (Å²) < 4.78 is 11.0. The number of carbonyl (C=O) groups is 1. The molecule has 1 aromatic heterocycles. The van der Waals surface area contributed by atoms with Crippen LogP contribution >= 0.6 is 0 Å². The zero-order valence-electron chi connectivity index (χ0n) is 17.2. The van der Waals surface area contributed by atoms with Crippen LogP contribution in [0.5, 0.6) is 5.75 Å². The summed E-state index contributed by atoms with van der Waals surface area (Å²) in [6, 6.07) is 15.3. The fourth-order valence-electron chi connectivity index (χ4n) is 3.27. The van der Waals surface area contributed by atoms with Crippen molar-refractivity contribution in [1.29, 1.82) is 0 Å². The maximum absolute atomic E-state index is 12.8. The number of carbonyl (C=O) groups excluding carboxylic acids is 1. The number of hydrogen-bond donors (Lipinski definition) is 1. The molecule has 1 N–H and O–H groups in total. The Bertz CT molecular complexity index is 1040. The molecule has 5 nitrogen and oxygen atoms in total. The number of benzene rings is 2. The van der Waals surface area contributed by atoms with Gasteiger partial charge in [-0.1, -0.05) is 44.2 Å². The van der Waals surface area contributed by atoms with E-state index in [1.54, 1.807) is 6.92 Å². The van der Waals surface area contributed by atoms with Crippen molar-refractivity contribution in [3.63, 3.8) is 0 Å². The van der Waals surface area contributed by atoms with Crippen LogP contribution < -0.4 is 10.3 Å². The minimum Gasteiger partial charge on any atom is -0.494 e. The standard InChI is InChI=1S/C24H27NO4/c1-4-28-22(26)15-20-23(17-8-6-5-7-9-17)19-14-18(29-13-12-16(2)3)10-11-21(19)25-24(20)27/h5-11,14,16H,4,12-13,15H2,1-3H3,(H,25,27). The van der Waals surface area contributed by atoms with Gasteiger partial charge < -0.3 is 14.5 Å². The van der Waals surface area contributed by atoms with Crippen molar-refractivity contribution >= 4 is 16.9 Å². The number of aromatic amines is 1. The Hall–Kier alpha value is -3.08. The summed E-state index contributed by atoms with van der Waals surface area (Å²) in [4.78, 5) is 27.9. The lowest BCUT2D eigenvalue weighted by Crippen LogP contribution is -2.19. The van der Waals surface area contributed by atoms with Gasteiger partial charge in [0.2, 0.25) is 0 Å². The zero-order valence-corrected chi connectivity index (χ0v) is 17.2. The zero-order chi connectivity index (χ0) is 20.8. The second-order valence-corrected chi connectivity index (χ2v) is 7.39. The third-order valence-electron chi connectivity index (χ3n) is 4.74. The summed E-state index contributed by atoms with van der Waals surface area (Å²) in [6.07, 6.45) is 0.880. The number of ether oxygens (including phenoxy) is 2. The van der Waals surface area contributed by atoms with Crippen LogP contribution in [0, 0.1) is 5.92 Å². The van der Waals surface area contributed by atoms with E-state index in [4.69, 9.17) is 9.47 Å². The van der Waals surface area contributed by atoms with E-state index in [1.165, 1.54) is 0 Å². The molecule has 0 aliphatic heterocycles. The highest BCUT2D eigenvalue weighted by atomic mass is 16.5. The molecular formula is C24H27NO4. The molecule has 0 fully saturated rings. The SMILES string of the molecule is CCOC(=O)Cc1c(-c2ccccc2)c2cc(OCCC(C)C)ccc2[nH]c1=O. The van der Waals surface area contributed by atoms with Crippen LogP contribution in [0.3, 0.4) is 0 Å². The van der Waals surface area contributed by atoms with Crippen LogP contribution in [-0.2, 0) is 16.0 Å². The molecule has 3 aromatic rings. The highest BCUT2D eigenvalue weighted by Gasteiger charge is 2.18.